The van der Waals surface area contributed by atoms with Crippen molar-refractivity contribution in [1.29, 1.82) is 0 Å². The summed E-state index contributed by atoms with van der Waals surface area (Å²) in [5, 5.41) is 17.7. The zero-order chi connectivity index (χ0) is 5.91. The fraction of sp³-hybridized carbons (Fsp3) is 0.500. The predicted molar refractivity (Wildman–Crippen MR) is 18.5 cm³/mol. The van der Waals surface area contributed by atoms with Crippen LogP contribution < -0.4 is 0 Å². The van der Waals surface area contributed by atoms with Crippen molar-refractivity contribution >= 4 is 6.47 Å². The van der Waals surface area contributed by atoms with Gasteiger partial charge in [0.25, 0.3) is 0 Å². The Bertz CT molecular complexity index is 64.6. The van der Waals surface area contributed by atoms with Crippen molar-refractivity contribution in [2.24, 2.45) is 0 Å². The first kappa shape index (κ1) is 6.35. The van der Waals surface area contributed by atoms with Crippen LogP contribution in [0.3, 0.4) is 0 Å². The average Bonchev–Trinajstić information content (AvgIpc) is 1.30. The van der Waals surface area contributed by atoms with E-state index in [1.807, 2.05) is 0 Å². The lowest BCUT2D eigenvalue weighted by Gasteiger charge is -2.20. The third-order valence-electron chi connectivity index (χ3n) is 0.239. The highest BCUT2D eigenvalue weighted by Gasteiger charge is 2.01. The van der Waals surface area contributed by atoms with Crippen LogP contribution in [0.15, 0.2) is 0 Å². The van der Waals surface area contributed by atoms with Gasteiger partial charge in [0.2, 0.25) is 0 Å². The van der Waals surface area contributed by atoms with E-state index in [1.165, 1.54) is 0 Å². The fourth-order valence-electron chi connectivity index (χ4n) is 0.0798. The number of hydroxylamine groups is 3. The van der Waals surface area contributed by atoms with Crippen LogP contribution in [0.25, 0.3) is 0 Å². The summed E-state index contributed by atoms with van der Waals surface area (Å²) in [7, 11) is 0.758. The van der Waals surface area contributed by atoms with E-state index in [9.17, 15) is 10.0 Å². The molecular weight excluding hydrogens is 102 g/mol. The molecule has 0 aromatic carbocycles. The van der Waals surface area contributed by atoms with Gasteiger partial charge in [-0.1, -0.05) is 0 Å². The van der Waals surface area contributed by atoms with E-state index in [2.05, 4.69) is 4.84 Å². The number of nitrogens with zero attached hydrogens (tertiary/aromatic N) is 1. The zero-order valence-corrected chi connectivity index (χ0v) is 3.70. The maximum absolute atomic E-state index is 9.74. The van der Waals surface area contributed by atoms with E-state index in [4.69, 9.17) is 5.21 Å². The molecule has 1 unspecified atom stereocenters. The van der Waals surface area contributed by atoms with Crippen LogP contribution in [0.4, 0.5) is 0 Å². The van der Waals surface area contributed by atoms with Gasteiger partial charge < -0.3 is 5.21 Å². The molecule has 1 N–H and O–H groups in total. The van der Waals surface area contributed by atoms with Gasteiger partial charge in [-0.25, -0.2) is 9.63 Å². The Morgan fingerprint density at radius 1 is 2.00 bits per heavy atom. The average molecular weight is 107 g/mol. The molecule has 0 saturated carbocycles. The second kappa shape index (κ2) is 1.87. The molecule has 0 aliphatic carbocycles. The molecule has 42 valence electrons. The lowest BCUT2D eigenvalue weighted by Crippen LogP contribution is -2.32. The third kappa shape index (κ3) is 5.35. The second-order valence-electron chi connectivity index (χ2n) is 1.00. The summed E-state index contributed by atoms with van der Waals surface area (Å²) in [6.45, 7) is -0.132. The van der Waals surface area contributed by atoms with Gasteiger partial charge in [0, 0.05) is 0 Å². The summed E-state index contributed by atoms with van der Waals surface area (Å²) in [6, 6.07) is 0. The summed E-state index contributed by atoms with van der Waals surface area (Å²) >= 11 is 0. The zero-order valence-electron chi connectivity index (χ0n) is 3.70. The normalized spacial score (nSPS) is 17.6. The third-order valence-corrected chi connectivity index (χ3v) is 0.239. The molecule has 1 atom stereocenters. The number of hydrogen-bond donors (Lipinski definition) is 1. The van der Waals surface area contributed by atoms with E-state index in [0.29, 0.717) is 0 Å². The SMILES string of the molecule is C[N+]([O-])(O)OC=O. The Balaban J connectivity index is 3.34. The maximum Gasteiger partial charge on any atom is 0.360 e. The van der Waals surface area contributed by atoms with Gasteiger partial charge in [0.15, 0.2) is 0 Å². The van der Waals surface area contributed by atoms with Crippen LogP contribution in [0.5, 0.6) is 0 Å². The van der Waals surface area contributed by atoms with E-state index in [1.54, 1.807) is 0 Å². The standard InChI is InChI=1S/C2H5NO4/c1-3(5,6)7-2-4/h2,5H,1H3. The van der Waals surface area contributed by atoms with Crippen LogP contribution >= 0.6 is 0 Å². The number of quaternary nitrogens is 1. The summed E-state index contributed by atoms with van der Waals surface area (Å²) in [5.41, 5.74) is 0. The van der Waals surface area contributed by atoms with Gasteiger partial charge in [-0.2, -0.15) is 5.21 Å². The summed E-state index contributed by atoms with van der Waals surface area (Å²) in [6.07, 6.45) is 0. The van der Waals surface area contributed by atoms with E-state index < -0.39 is 4.97 Å². The minimum absolute atomic E-state index is 0.132. The Kier molecular flexibility index (Phi) is 1.70. The monoisotopic (exact) mass is 107 g/mol. The summed E-state index contributed by atoms with van der Waals surface area (Å²) in [4.78, 5) is 10.7. The smallest absolute Gasteiger partial charge is 0.360 e. The molecule has 0 heterocycles. The second-order valence-corrected chi connectivity index (χ2v) is 1.00. The largest absolute Gasteiger partial charge is 0.555 e. The number of rotatable bonds is 2. The van der Waals surface area contributed by atoms with Crippen molar-refractivity contribution in [2.45, 2.75) is 0 Å². The van der Waals surface area contributed by atoms with E-state index in [-0.39, 0.29) is 6.47 Å². The molecule has 0 bridgehead atoms. The van der Waals surface area contributed by atoms with Crippen molar-refractivity contribution in [3.05, 3.63) is 5.21 Å². The van der Waals surface area contributed by atoms with Gasteiger partial charge >= 0.3 is 6.47 Å². The van der Waals surface area contributed by atoms with Crippen LogP contribution in [-0.4, -0.2) is 23.7 Å². The van der Waals surface area contributed by atoms with Crippen LogP contribution in [-0.2, 0) is 9.63 Å². The molecule has 5 heteroatoms. The number of carbonyl (C=O) groups is 1. The quantitative estimate of drug-likeness (QED) is 0.291. The lowest BCUT2D eigenvalue weighted by atomic mass is 11.4. The molecule has 0 fully saturated rings. The maximum atomic E-state index is 9.74. The minimum Gasteiger partial charge on any atom is -0.555 e. The van der Waals surface area contributed by atoms with Gasteiger partial charge in [-0.15, -0.1) is 0 Å². The minimum atomic E-state index is -2.02. The fourth-order valence-corrected chi connectivity index (χ4v) is 0.0798. The van der Waals surface area contributed by atoms with Crippen molar-refractivity contribution in [2.75, 3.05) is 7.05 Å². The molecule has 0 radical (unpaired) electrons. The molecule has 5 nitrogen and oxygen atoms in total. The number of hydrogen-bond acceptors (Lipinski definition) is 4. The summed E-state index contributed by atoms with van der Waals surface area (Å²) < 4.78 is 0. The van der Waals surface area contributed by atoms with Gasteiger partial charge in [0.1, 0.15) is 7.05 Å². The van der Waals surface area contributed by atoms with Crippen LogP contribution in [0, 0.1) is 5.21 Å². The number of carbonyl (C=O) groups excluding carboxylic acids is 1. The Morgan fingerprint density at radius 3 is 2.43 bits per heavy atom. The van der Waals surface area contributed by atoms with E-state index >= 15 is 0 Å². The van der Waals surface area contributed by atoms with Crippen LogP contribution in [0.2, 0.25) is 0 Å². The molecule has 0 rings (SSSR count). The molecule has 7 heavy (non-hydrogen) atoms. The first-order valence-corrected chi connectivity index (χ1v) is 1.48. The highest BCUT2D eigenvalue weighted by molar-refractivity contribution is 5.35. The van der Waals surface area contributed by atoms with Crippen molar-refractivity contribution in [1.82, 2.24) is 0 Å². The molecule has 0 saturated heterocycles. The first-order valence-electron chi connectivity index (χ1n) is 1.48. The molecule has 0 aromatic rings. The van der Waals surface area contributed by atoms with Crippen molar-refractivity contribution in [3.63, 3.8) is 0 Å². The first-order chi connectivity index (χ1) is 3.06. The Hall–Kier alpha value is -0.650. The molecule has 0 aliphatic heterocycles. The summed E-state index contributed by atoms with van der Waals surface area (Å²) in [5.74, 6) is 0. The highest BCUT2D eigenvalue weighted by atomic mass is 17.1. The van der Waals surface area contributed by atoms with Gasteiger partial charge in [-0.05, 0) is 4.97 Å². The molecule has 0 spiro atoms. The molecule has 0 aliphatic rings. The highest BCUT2D eigenvalue weighted by Crippen LogP contribution is 1.87. The molecule has 0 aromatic heterocycles. The lowest BCUT2D eigenvalue weighted by molar-refractivity contribution is -1.19. The van der Waals surface area contributed by atoms with Crippen molar-refractivity contribution in [3.8, 4) is 0 Å². The van der Waals surface area contributed by atoms with E-state index in [0.717, 1.165) is 7.05 Å². The van der Waals surface area contributed by atoms with Crippen LogP contribution in [0.1, 0.15) is 0 Å². The predicted octanol–water partition coefficient (Wildman–Crippen LogP) is -0.592. The van der Waals surface area contributed by atoms with Gasteiger partial charge in [-0.3, -0.25) is 0 Å². The molecule has 0 amide bonds. The topological polar surface area (TPSA) is 69.6 Å². The molecular formula is C2H5NO4. The van der Waals surface area contributed by atoms with Crippen molar-refractivity contribution < 1.29 is 19.8 Å². The Labute approximate surface area is 39.8 Å². The Morgan fingerprint density at radius 2 is 2.43 bits per heavy atom. The van der Waals surface area contributed by atoms with Gasteiger partial charge in [0.05, 0.1) is 0 Å².